The Bertz CT molecular complexity index is 745. The molecule has 138 valence electrons. The van der Waals surface area contributed by atoms with E-state index < -0.39 is 0 Å². The molecular weight excluding hydrogens is 328 g/mol. The summed E-state index contributed by atoms with van der Waals surface area (Å²) in [5.74, 6) is 1.42. The van der Waals surface area contributed by atoms with Crippen molar-refractivity contribution in [1.29, 1.82) is 0 Å². The number of likely N-dealkylation sites (N-methyl/N-ethyl adjacent to an activating group) is 1. The van der Waals surface area contributed by atoms with Gasteiger partial charge in [0.25, 0.3) is 5.91 Å². The molecule has 0 aliphatic carbocycles. The molecule has 2 aromatic rings. The van der Waals surface area contributed by atoms with Crippen molar-refractivity contribution in [1.82, 2.24) is 0 Å². The van der Waals surface area contributed by atoms with Crippen molar-refractivity contribution < 1.29 is 14.3 Å². The Morgan fingerprint density at radius 1 is 1.00 bits per heavy atom. The van der Waals surface area contributed by atoms with Crippen LogP contribution >= 0.6 is 0 Å². The number of nitrogens with zero attached hydrogens (tertiary/aromatic N) is 2. The smallest absolute Gasteiger partial charge is 0.265 e. The highest BCUT2D eigenvalue weighted by molar-refractivity contribution is 5.99. The van der Waals surface area contributed by atoms with Gasteiger partial charge in [-0.2, -0.15) is 0 Å². The van der Waals surface area contributed by atoms with Gasteiger partial charge < -0.3 is 19.3 Å². The summed E-state index contributed by atoms with van der Waals surface area (Å²) in [6, 6.07) is 15.7. The first-order chi connectivity index (χ1) is 12.6. The topological polar surface area (TPSA) is 42.0 Å². The largest absolute Gasteiger partial charge is 0.494 e. The number of carbonyl (C=O) groups is 1. The summed E-state index contributed by atoms with van der Waals surface area (Å²) in [5, 5.41) is 0. The average Bonchev–Trinajstić information content (AvgIpc) is 2.67. The molecule has 0 fully saturated rings. The molecule has 26 heavy (non-hydrogen) atoms. The predicted molar refractivity (Wildman–Crippen MR) is 104 cm³/mol. The van der Waals surface area contributed by atoms with E-state index >= 15 is 0 Å². The minimum absolute atomic E-state index is 0.0150. The molecule has 1 heterocycles. The Morgan fingerprint density at radius 2 is 1.62 bits per heavy atom. The van der Waals surface area contributed by atoms with Crippen LogP contribution in [0.4, 0.5) is 11.4 Å². The van der Waals surface area contributed by atoms with Gasteiger partial charge in [0.2, 0.25) is 0 Å². The van der Waals surface area contributed by atoms with Gasteiger partial charge in [-0.05, 0) is 57.2 Å². The maximum Gasteiger partial charge on any atom is 0.265 e. The van der Waals surface area contributed by atoms with Crippen LogP contribution in [0.2, 0.25) is 0 Å². The maximum atomic E-state index is 12.8. The Morgan fingerprint density at radius 3 is 2.23 bits per heavy atom. The van der Waals surface area contributed by atoms with Crippen molar-refractivity contribution in [3.05, 3.63) is 48.5 Å². The highest BCUT2D eigenvalue weighted by atomic mass is 16.5. The van der Waals surface area contributed by atoms with Gasteiger partial charge in [0.05, 0.1) is 18.0 Å². The molecule has 5 heteroatoms. The second-order valence-corrected chi connectivity index (χ2v) is 6.32. The number of ether oxygens (including phenoxy) is 2. The summed E-state index contributed by atoms with van der Waals surface area (Å²) in [7, 11) is 0. The van der Waals surface area contributed by atoms with Crippen molar-refractivity contribution in [2.75, 3.05) is 36.1 Å². The standard InChI is InChI=1S/C21H26N2O3/c1-4-22-16(3)14-23(20-9-7-6-8-19(20)22)21(24)15-26-18-12-10-17(11-13-18)25-5-2/h6-13,16H,4-5,14-15H2,1-3H3. The van der Waals surface area contributed by atoms with Gasteiger partial charge >= 0.3 is 0 Å². The van der Waals surface area contributed by atoms with Crippen LogP contribution in [0.3, 0.4) is 0 Å². The summed E-state index contributed by atoms with van der Waals surface area (Å²) >= 11 is 0. The van der Waals surface area contributed by atoms with Gasteiger partial charge in [-0.25, -0.2) is 0 Å². The third kappa shape index (κ3) is 3.77. The first kappa shape index (κ1) is 18.1. The van der Waals surface area contributed by atoms with Crippen LogP contribution in [-0.2, 0) is 4.79 Å². The van der Waals surface area contributed by atoms with Gasteiger partial charge in [-0.3, -0.25) is 4.79 Å². The zero-order valence-electron chi connectivity index (χ0n) is 15.6. The van der Waals surface area contributed by atoms with E-state index in [1.165, 1.54) is 0 Å². The molecule has 1 aliphatic rings. The van der Waals surface area contributed by atoms with Gasteiger partial charge in [0, 0.05) is 19.1 Å². The average molecular weight is 354 g/mol. The Labute approximate surface area is 155 Å². The van der Waals surface area contributed by atoms with E-state index in [0.29, 0.717) is 18.9 Å². The zero-order valence-corrected chi connectivity index (χ0v) is 15.6. The molecule has 0 radical (unpaired) electrons. The molecule has 3 rings (SSSR count). The summed E-state index contributed by atoms with van der Waals surface area (Å²) in [4.78, 5) is 17.0. The number of para-hydroxylation sites is 2. The van der Waals surface area contributed by atoms with E-state index in [1.807, 2.05) is 54.3 Å². The summed E-state index contributed by atoms with van der Waals surface area (Å²) in [5.41, 5.74) is 2.05. The number of amides is 1. The van der Waals surface area contributed by atoms with Crippen molar-refractivity contribution in [3.63, 3.8) is 0 Å². The zero-order chi connectivity index (χ0) is 18.5. The van der Waals surface area contributed by atoms with Gasteiger partial charge in [0.1, 0.15) is 11.5 Å². The van der Waals surface area contributed by atoms with Crippen LogP contribution in [0.1, 0.15) is 20.8 Å². The lowest BCUT2D eigenvalue weighted by Gasteiger charge is -2.41. The minimum atomic E-state index is -0.0334. The highest BCUT2D eigenvalue weighted by Gasteiger charge is 2.30. The molecule has 2 aromatic carbocycles. The Hall–Kier alpha value is -2.69. The predicted octanol–water partition coefficient (Wildman–Crippen LogP) is 3.73. The number of benzene rings is 2. The van der Waals surface area contributed by atoms with E-state index in [-0.39, 0.29) is 18.6 Å². The lowest BCUT2D eigenvalue weighted by molar-refractivity contribution is -0.120. The molecule has 5 nitrogen and oxygen atoms in total. The van der Waals surface area contributed by atoms with Crippen LogP contribution < -0.4 is 19.3 Å². The van der Waals surface area contributed by atoms with Crippen molar-refractivity contribution >= 4 is 17.3 Å². The van der Waals surface area contributed by atoms with Crippen molar-refractivity contribution in [2.45, 2.75) is 26.8 Å². The van der Waals surface area contributed by atoms with Crippen LogP contribution in [0.5, 0.6) is 11.5 Å². The number of hydrogen-bond donors (Lipinski definition) is 0. The molecule has 0 N–H and O–H groups in total. The number of rotatable bonds is 6. The van der Waals surface area contributed by atoms with E-state index in [0.717, 1.165) is 23.7 Å². The molecule has 1 unspecified atom stereocenters. The number of hydrogen-bond acceptors (Lipinski definition) is 4. The van der Waals surface area contributed by atoms with Crippen molar-refractivity contribution in [2.24, 2.45) is 0 Å². The summed E-state index contributed by atoms with van der Waals surface area (Å²) in [6.07, 6.45) is 0. The molecular formula is C21H26N2O3. The first-order valence-corrected chi connectivity index (χ1v) is 9.15. The van der Waals surface area contributed by atoms with Crippen LogP contribution in [0.25, 0.3) is 0 Å². The fraction of sp³-hybridized carbons (Fsp3) is 0.381. The number of carbonyl (C=O) groups excluding carboxylic acids is 1. The van der Waals surface area contributed by atoms with Gasteiger partial charge in [0.15, 0.2) is 6.61 Å². The molecule has 1 aliphatic heterocycles. The third-order valence-corrected chi connectivity index (χ3v) is 4.60. The van der Waals surface area contributed by atoms with Crippen LogP contribution in [-0.4, -0.2) is 38.3 Å². The Kier molecular flexibility index (Phi) is 5.66. The third-order valence-electron chi connectivity index (χ3n) is 4.60. The first-order valence-electron chi connectivity index (χ1n) is 9.15. The molecule has 0 spiro atoms. The second-order valence-electron chi connectivity index (χ2n) is 6.32. The van der Waals surface area contributed by atoms with E-state index in [9.17, 15) is 4.79 Å². The monoisotopic (exact) mass is 354 g/mol. The molecule has 0 bridgehead atoms. The quantitative estimate of drug-likeness (QED) is 0.793. The molecule has 1 atom stereocenters. The van der Waals surface area contributed by atoms with E-state index in [4.69, 9.17) is 9.47 Å². The molecule has 1 amide bonds. The van der Waals surface area contributed by atoms with Crippen LogP contribution in [0, 0.1) is 0 Å². The minimum Gasteiger partial charge on any atom is -0.494 e. The van der Waals surface area contributed by atoms with E-state index in [1.54, 1.807) is 0 Å². The number of anilines is 2. The lowest BCUT2D eigenvalue weighted by Crippen LogP contribution is -2.50. The fourth-order valence-corrected chi connectivity index (χ4v) is 3.37. The number of fused-ring (bicyclic) bond motifs is 1. The highest BCUT2D eigenvalue weighted by Crippen LogP contribution is 2.35. The lowest BCUT2D eigenvalue weighted by atomic mass is 10.1. The normalized spacial score (nSPS) is 16.2. The van der Waals surface area contributed by atoms with Gasteiger partial charge in [-0.15, -0.1) is 0 Å². The molecule has 0 saturated heterocycles. The molecule has 0 saturated carbocycles. The van der Waals surface area contributed by atoms with Gasteiger partial charge in [-0.1, -0.05) is 12.1 Å². The van der Waals surface area contributed by atoms with Crippen molar-refractivity contribution in [3.8, 4) is 11.5 Å². The maximum absolute atomic E-state index is 12.8. The Balaban J connectivity index is 1.69. The SMILES string of the molecule is CCOc1ccc(OCC(=O)N2CC(C)N(CC)c3ccccc32)cc1. The fourth-order valence-electron chi connectivity index (χ4n) is 3.37. The van der Waals surface area contributed by atoms with Crippen LogP contribution in [0.15, 0.2) is 48.5 Å². The summed E-state index contributed by atoms with van der Waals surface area (Å²) in [6.45, 7) is 8.45. The second kappa shape index (κ2) is 8.13. The van der Waals surface area contributed by atoms with E-state index in [2.05, 4.69) is 24.8 Å². The molecule has 0 aromatic heterocycles. The summed E-state index contributed by atoms with van der Waals surface area (Å²) < 4.78 is 11.1.